The van der Waals surface area contributed by atoms with Gasteiger partial charge in [0, 0.05) is 12.8 Å². The molecule has 1 unspecified atom stereocenters. The molecule has 336 valence electrons. The van der Waals surface area contributed by atoms with Gasteiger partial charge in [0.05, 0.1) is 13.2 Å². The first-order chi connectivity index (χ1) is 28.1. The van der Waals surface area contributed by atoms with Crippen molar-refractivity contribution in [3.63, 3.8) is 0 Å². The smallest absolute Gasteiger partial charge is 0.472 e. The molecule has 0 saturated heterocycles. The van der Waals surface area contributed by atoms with Crippen LogP contribution in [0.15, 0.2) is 48.6 Å². The lowest BCUT2D eigenvalue weighted by atomic mass is 10.1. The largest absolute Gasteiger partial charge is 0.480 e. The summed E-state index contributed by atoms with van der Waals surface area (Å²) in [6.07, 6.45) is 46.1. The first-order valence-corrected chi connectivity index (χ1v) is 24.2. The van der Waals surface area contributed by atoms with Crippen molar-refractivity contribution in [2.24, 2.45) is 5.73 Å². The average molecular weight is 840 g/mol. The van der Waals surface area contributed by atoms with E-state index in [2.05, 4.69) is 54.8 Å². The molecule has 4 N–H and O–H groups in total. The standard InChI is InChI=1S/C46H82NO10P/c1-3-5-7-9-11-13-15-17-19-21-23-25-27-29-31-33-35-37-44(48)54-39-42(40-55-58(52,53)56-41-43(47)46(50)51)57-45(49)38-36-34-32-30-28-26-24-22-20-18-16-14-12-10-8-6-4-2/h17-20,24,26,30,32,42-43H,3-16,21-23,25,27-29,31,33-41,47H2,1-2H3,(H,50,51)(H,52,53)/b19-17+,20-18+,26-24+,32-30+/t42-,43+/m1/s1. The fraction of sp³-hybridized carbons (Fsp3) is 0.761. The molecule has 0 aliphatic heterocycles. The lowest BCUT2D eigenvalue weighted by molar-refractivity contribution is -0.161. The van der Waals surface area contributed by atoms with Crippen molar-refractivity contribution < 1.29 is 47.5 Å². The monoisotopic (exact) mass is 840 g/mol. The van der Waals surface area contributed by atoms with E-state index in [-0.39, 0.29) is 19.4 Å². The van der Waals surface area contributed by atoms with E-state index >= 15 is 0 Å². The van der Waals surface area contributed by atoms with E-state index in [1.165, 1.54) is 103 Å². The number of aliphatic carboxylic acids is 1. The Kier molecular flexibility index (Phi) is 39.4. The van der Waals surface area contributed by atoms with Crippen molar-refractivity contribution in [2.75, 3.05) is 19.8 Å². The van der Waals surface area contributed by atoms with Gasteiger partial charge in [-0.15, -0.1) is 0 Å². The number of esters is 2. The second kappa shape index (κ2) is 41.2. The molecule has 0 radical (unpaired) electrons. The summed E-state index contributed by atoms with van der Waals surface area (Å²) < 4.78 is 32.7. The quantitative estimate of drug-likeness (QED) is 0.0231. The van der Waals surface area contributed by atoms with Crippen LogP contribution in [0, 0.1) is 0 Å². The lowest BCUT2D eigenvalue weighted by Gasteiger charge is -2.20. The van der Waals surface area contributed by atoms with Gasteiger partial charge in [0.1, 0.15) is 12.6 Å². The van der Waals surface area contributed by atoms with Crippen molar-refractivity contribution in [3.05, 3.63) is 48.6 Å². The van der Waals surface area contributed by atoms with E-state index in [4.69, 9.17) is 24.8 Å². The fourth-order valence-corrected chi connectivity index (χ4v) is 6.74. The maximum atomic E-state index is 12.6. The molecule has 0 aromatic carbocycles. The second-order valence-electron chi connectivity index (χ2n) is 15.2. The summed E-state index contributed by atoms with van der Waals surface area (Å²) >= 11 is 0. The summed E-state index contributed by atoms with van der Waals surface area (Å²) in [6, 6.07) is -1.53. The number of phosphoric acid groups is 1. The molecule has 58 heavy (non-hydrogen) atoms. The number of phosphoric ester groups is 1. The summed E-state index contributed by atoms with van der Waals surface area (Å²) in [7, 11) is -4.73. The SMILES string of the molecule is CCCCCCCC/C=C/C/C=C/C/C=C/CCCC(=O)O[C@H](COC(=O)CCCCCCCCC/C=C/CCCCCCCC)COP(=O)(O)OC[C@H](N)C(=O)O. The summed E-state index contributed by atoms with van der Waals surface area (Å²) in [4.78, 5) is 46.0. The van der Waals surface area contributed by atoms with Gasteiger partial charge in [-0.1, -0.05) is 159 Å². The zero-order valence-electron chi connectivity index (χ0n) is 36.4. The molecular weight excluding hydrogens is 757 g/mol. The molecule has 0 aromatic rings. The molecule has 0 aliphatic rings. The molecule has 12 heteroatoms. The van der Waals surface area contributed by atoms with Gasteiger partial charge in [-0.25, -0.2) is 4.57 Å². The summed E-state index contributed by atoms with van der Waals surface area (Å²) in [6.45, 7) is 2.74. The Balaban J connectivity index is 4.43. The minimum Gasteiger partial charge on any atom is -0.480 e. The van der Waals surface area contributed by atoms with Gasteiger partial charge in [0.15, 0.2) is 6.10 Å². The Morgan fingerprint density at radius 3 is 1.43 bits per heavy atom. The molecule has 0 saturated carbocycles. The van der Waals surface area contributed by atoms with Crippen LogP contribution in [0.25, 0.3) is 0 Å². The van der Waals surface area contributed by atoms with Crippen LogP contribution >= 0.6 is 7.82 Å². The van der Waals surface area contributed by atoms with Gasteiger partial charge in [-0.2, -0.15) is 0 Å². The van der Waals surface area contributed by atoms with E-state index in [0.717, 1.165) is 44.9 Å². The van der Waals surface area contributed by atoms with Gasteiger partial charge in [-0.05, 0) is 70.6 Å². The third-order valence-electron chi connectivity index (χ3n) is 9.55. The van der Waals surface area contributed by atoms with Crippen LogP contribution in [0.5, 0.6) is 0 Å². The zero-order valence-corrected chi connectivity index (χ0v) is 37.3. The van der Waals surface area contributed by atoms with E-state index in [0.29, 0.717) is 19.3 Å². The molecule has 0 aliphatic carbocycles. The van der Waals surface area contributed by atoms with Crippen LogP contribution in [0.2, 0.25) is 0 Å². The third-order valence-corrected chi connectivity index (χ3v) is 10.5. The van der Waals surface area contributed by atoms with E-state index in [1.54, 1.807) is 0 Å². The normalized spacial score (nSPS) is 14.1. The molecule has 0 bridgehead atoms. The van der Waals surface area contributed by atoms with Crippen LogP contribution in [-0.2, 0) is 37.5 Å². The number of ether oxygens (including phenoxy) is 2. The minimum absolute atomic E-state index is 0.0880. The number of carboxylic acid groups (broad SMARTS) is 1. The molecule has 0 amide bonds. The predicted octanol–water partition coefficient (Wildman–Crippen LogP) is 12.2. The lowest BCUT2D eigenvalue weighted by Crippen LogP contribution is -2.34. The number of carboxylic acids is 1. The highest BCUT2D eigenvalue weighted by Crippen LogP contribution is 2.43. The Bertz CT molecular complexity index is 1170. The zero-order chi connectivity index (χ0) is 42.8. The Morgan fingerprint density at radius 2 is 0.931 bits per heavy atom. The Hall–Kier alpha value is -2.56. The van der Waals surface area contributed by atoms with Gasteiger partial charge in [-0.3, -0.25) is 23.4 Å². The van der Waals surface area contributed by atoms with Crippen LogP contribution in [-0.4, -0.2) is 59.9 Å². The highest BCUT2D eigenvalue weighted by atomic mass is 31.2. The fourth-order valence-electron chi connectivity index (χ4n) is 5.96. The average Bonchev–Trinajstić information content (AvgIpc) is 3.20. The van der Waals surface area contributed by atoms with Crippen molar-refractivity contribution in [2.45, 2.75) is 206 Å². The summed E-state index contributed by atoms with van der Waals surface area (Å²) in [5.74, 6) is -2.45. The Labute approximate surface area is 352 Å². The number of carbonyl (C=O) groups is 3. The van der Waals surface area contributed by atoms with Crippen molar-refractivity contribution in [3.8, 4) is 0 Å². The van der Waals surface area contributed by atoms with Crippen LogP contribution < -0.4 is 5.73 Å². The van der Waals surface area contributed by atoms with Gasteiger partial charge >= 0.3 is 25.7 Å². The van der Waals surface area contributed by atoms with E-state index in [1.807, 2.05) is 12.2 Å². The molecule has 0 aromatic heterocycles. The van der Waals surface area contributed by atoms with Crippen LogP contribution in [0.3, 0.4) is 0 Å². The molecule has 0 rings (SSSR count). The van der Waals surface area contributed by atoms with Crippen LogP contribution in [0.4, 0.5) is 0 Å². The third kappa shape index (κ3) is 40.2. The second-order valence-corrected chi connectivity index (χ2v) is 16.6. The highest BCUT2D eigenvalue weighted by Gasteiger charge is 2.28. The maximum absolute atomic E-state index is 12.6. The van der Waals surface area contributed by atoms with Gasteiger partial charge in [0.2, 0.25) is 0 Å². The van der Waals surface area contributed by atoms with Crippen LogP contribution in [0.1, 0.15) is 194 Å². The number of nitrogens with two attached hydrogens (primary N) is 1. The topological polar surface area (TPSA) is 172 Å². The number of hydrogen-bond acceptors (Lipinski definition) is 9. The van der Waals surface area contributed by atoms with E-state index < -0.39 is 51.1 Å². The van der Waals surface area contributed by atoms with Gasteiger partial charge in [0.25, 0.3) is 0 Å². The number of allylic oxidation sites excluding steroid dienone is 8. The predicted molar refractivity (Wildman–Crippen MR) is 235 cm³/mol. The van der Waals surface area contributed by atoms with Crippen molar-refractivity contribution in [1.29, 1.82) is 0 Å². The van der Waals surface area contributed by atoms with E-state index in [9.17, 15) is 23.8 Å². The minimum atomic E-state index is -4.73. The molecular formula is C46H82NO10P. The highest BCUT2D eigenvalue weighted by molar-refractivity contribution is 7.47. The number of hydrogen-bond donors (Lipinski definition) is 3. The number of carbonyl (C=O) groups excluding carboxylic acids is 2. The summed E-state index contributed by atoms with van der Waals surface area (Å²) in [5.41, 5.74) is 5.33. The first-order valence-electron chi connectivity index (χ1n) is 22.7. The molecule has 3 atom stereocenters. The van der Waals surface area contributed by atoms with Crippen molar-refractivity contribution >= 4 is 25.7 Å². The first kappa shape index (κ1) is 55.4. The molecule has 0 spiro atoms. The number of unbranched alkanes of at least 4 members (excludes halogenated alkanes) is 20. The Morgan fingerprint density at radius 1 is 0.534 bits per heavy atom. The molecule has 0 fully saturated rings. The van der Waals surface area contributed by atoms with Crippen molar-refractivity contribution in [1.82, 2.24) is 0 Å². The number of rotatable bonds is 42. The summed E-state index contributed by atoms with van der Waals surface area (Å²) in [5, 5.41) is 8.89. The molecule has 0 heterocycles. The molecule has 11 nitrogen and oxygen atoms in total. The maximum Gasteiger partial charge on any atom is 0.472 e. The van der Waals surface area contributed by atoms with Gasteiger partial charge < -0.3 is 25.2 Å².